The van der Waals surface area contributed by atoms with Crippen LogP contribution in [0.1, 0.15) is 70.3 Å². The van der Waals surface area contributed by atoms with Gasteiger partial charge in [-0.05, 0) is 92.2 Å². The van der Waals surface area contributed by atoms with Crippen LogP contribution >= 0.6 is 0 Å². The van der Waals surface area contributed by atoms with E-state index in [2.05, 4.69) is 10.6 Å². The maximum Gasteiger partial charge on any atom is 0.456 e. The fourth-order valence-electron chi connectivity index (χ4n) is 7.85. The first-order valence-electron chi connectivity index (χ1n) is 13.5. The molecular formula is C29H33F5N2O3. The van der Waals surface area contributed by atoms with E-state index < -0.39 is 41.4 Å². The Kier molecular flexibility index (Phi) is 6.72. The van der Waals surface area contributed by atoms with Crippen LogP contribution < -0.4 is 10.6 Å². The Morgan fingerprint density at radius 2 is 1.77 bits per heavy atom. The molecule has 2 unspecified atom stereocenters. The van der Waals surface area contributed by atoms with Crippen molar-refractivity contribution in [2.75, 3.05) is 11.9 Å². The Labute approximate surface area is 223 Å². The largest absolute Gasteiger partial charge is 0.456 e. The van der Waals surface area contributed by atoms with Gasteiger partial charge in [0.25, 0.3) is 0 Å². The van der Waals surface area contributed by atoms with Gasteiger partial charge < -0.3 is 15.7 Å². The van der Waals surface area contributed by atoms with E-state index in [0.29, 0.717) is 43.5 Å². The zero-order valence-electron chi connectivity index (χ0n) is 21.9. The third-order valence-electron chi connectivity index (χ3n) is 9.67. The number of urea groups is 1. The molecule has 2 fully saturated rings. The third-order valence-corrected chi connectivity index (χ3v) is 9.67. The number of benzene rings is 1. The number of hydrogen-bond donors (Lipinski definition) is 3. The number of ketones is 1. The average Bonchev–Trinajstić information content (AvgIpc) is 3.15. The molecule has 5 rings (SSSR count). The molecule has 0 saturated heterocycles. The summed E-state index contributed by atoms with van der Waals surface area (Å²) in [5, 5.41) is 16.7. The van der Waals surface area contributed by atoms with Crippen molar-refractivity contribution in [3.63, 3.8) is 0 Å². The number of halogens is 5. The van der Waals surface area contributed by atoms with Crippen molar-refractivity contribution in [3.8, 4) is 0 Å². The fourth-order valence-corrected chi connectivity index (χ4v) is 7.85. The maximum atomic E-state index is 15.1. The molecule has 1 aromatic rings. The predicted molar refractivity (Wildman–Crippen MR) is 135 cm³/mol. The SMILES string of the molecule is CCNC(=O)Nc1ccc([C@H]2C[C@@]3(C)C(CC[C@@]3(O)C(F)(F)C(F)(F)F)C3CCC4=CC(=O)CCC4=C32)cc1. The van der Waals surface area contributed by atoms with Crippen molar-refractivity contribution < 1.29 is 36.6 Å². The molecule has 0 heterocycles. The first-order chi connectivity index (χ1) is 18.2. The molecule has 212 valence electrons. The summed E-state index contributed by atoms with van der Waals surface area (Å²) >= 11 is 0. The summed E-state index contributed by atoms with van der Waals surface area (Å²) in [4.78, 5) is 24.1. The predicted octanol–water partition coefficient (Wildman–Crippen LogP) is 6.66. The van der Waals surface area contributed by atoms with Crippen molar-refractivity contribution in [2.24, 2.45) is 17.3 Å². The lowest BCUT2D eigenvalue weighted by molar-refractivity contribution is -0.362. The number of rotatable bonds is 4. The van der Waals surface area contributed by atoms with Gasteiger partial charge in [0.05, 0.1) is 0 Å². The summed E-state index contributed by atoms with van der Waals surface area (Å²) < 4.78 is 71.1. The van der Waals surface area contributed by atoms with Crippen LogP contribution in [0, 0.1) is 17.3 Å². The minimum atomic E-state index is -5.88. The Morgan fingerprint density at radius 1 is 1.08 bits per heavy atom. The molecule has 3 N–H and O–H groups in total. The molecule has 1 aromatic carbocycles. The number of amides is 2. The lowest BCUT2D eigenvalue weighted by Crippen LogP contribution is -2.65. The monoisotopic (exact) mass is 552 g/mol. The molecule has 2 saturated carbocycles. The van der Waals surface area contributed by atoms with Crippen LogP contribution in [0.5, 0.6) is 0 Å². The lowest BCUT2D eigenvalue weighted by atomic mass is 9.50. The highest BCUT2D eigenvalue weighted by atomic mass is 19.4. The zero-order valence-corrected chi connectivity index (χ0v) is 21.9. The van der Waals surface area contributed by atoms with Gasteiger partial charge in [-0.15, -0.1) is 0 Å². The molecule has 0 radical (unpaired) electrons. The number of allylic oxidation sites excluding steroid dienone is 4. The van der Waals surface area contributed by atoms with Gasteiger partial charge in [-0.3, -0.25) is 4.79 Å². The van der Waals surface area contributed by atoms with Gasteiger partial charge >= 0.3 is 18.1 Å². The van der Waals surface area contributed by atoms with E-state index in [9.17, 15) is 27.9 Å². The topological polar surface area (TPSA) is 78.4 Å². The quantitative estimate of drug-likeness (QED) is 0.366. The molecule has 0 bridgehead atoms. The maximum absolute atomic E-state index is 15.1. The normalized spacial score (nSPS) is 32.7. The Bertz CT molecular complexity index is 1240. The number of nitrogens with one attached hydrogen (secondary N) is 2. The van der Waals surface area contributed by atoms with Crippen LogP contribution in [0.25, 0.3) is 0 Å². The van der Waals surface area contributed by atoms with E-state index in [1.165, 1.54) is 6.92 Å². The molecular weight excluding hydrogens is 519 g/mol. The molecule has 0 spiro atoms. The highest BCUT2D eigenvalue weighted by molar-refractivity contribution is 5.93. The molecule has 10 heteroatoms. The first-order valence-corrected chi connectivity index (χ1v) is 13.5. The van der Waals surface area contributed by atoms with Crippen molar-refractivity contribution in [3.05, 3.63) is 52.6 Å². The number of carbonyl (C=O) groups is 2. The van der Waals surface area contributed by atoms with Crippen LogP contribution in [-0.4, -0.2) is 41.2 Å². The number of hydrogen-bond acceptors (Lipinski definition) is 3. The molecule has 2 amide bonds. The summed E-state index contributed by atoms with van der Waals surface area (Å²) in [5.74, 6) is -6.58. The highest BCUT2D eigenvalue weighted by Crippen LogP contribution is 2.70. The summed E-state index contributed by atoms with van der Waals surface area (Å²) in [6.07, 6.45) is -2.97. The molecule has 5 atom stereocenters. The summed E-state index contributed by atoms with van der Waals surface area (Å²) in [5.41, 5.74) is -0.773. The van der Waals surface area contributed by atoms with Crippen LogP contribution in [-0.2, 0) is 4.79 Å². The third kappa shape index (κ3) is 4.21. The van der Waals surface area contributed by atoms with E-state index in [0.717, 1.165) is 16.7 Å². The van der Waals surface area contributed by atoms with Crippen molar-refractivity contribution in [2.45, 2.75) is 82.4 Å². The van der Waals surface area contributed by atoms with E-state index in [4.69, 9.17) is 0 Å². The number of alkyl halides is 5. The minimum Gasteiger partial charge on any atom is -0.383 e. The fraction of sp³-hybridized carbons (Fsp3) is 0.586. The van der Waals surface area contributed by atoms with E-state index in [1.54, 1.807) is 37.3 Å². The van der Waals surface area contributed by atoms with Crippen LogP contribution in [0.15, 0.2) is 47.1 Å². The Balaban J connectivity index is 1.61. The number of carbonyl (C=O) groups excluding carboxylic acids is 2. The second-order valence-corrected chi connectivity index (χ2v) is 11.6. The van der Waals surface area contributed by atoms with Gasteiger partial charge in [0.2, 0.25) is 0 Å². The second kappa shape index (κ2) is 9.42. The zero-order chi connectivity index (χ0) is 28.4. The van der Waals surface area contributed by atoms with Crippen molar-refractivity contribution in [1.82, 2.24) is 5.32 Å². The van der Waals surface area contributed by atoms with Crippen molar-refractivity contribution >= 4 is 17.5 Å². The first kappa shape index (κ1) is 27.8. The van der Waals surface area contributed by atoms with Crippen LogP contribution in [0.3, 0.4) is 0 Å². The second-order valence-electron chi connectivity index (χ2n) is 11.6. The van der Waals surface area contributed by atoms with Gasteiger partial charge in [-0.25, -0.2) is 4.79 Å². The lowest BCUT2D eigenvalue weighted by Gasteiger charge is -2.56. The van der Waals surface area contributed by atoms with Gasteiger partial charge in [0.1, 0.15) is 5.60 Å². The Hall–Kier alpha value is -2.75. The van der Waals surface area contributed by atoms with E-state index in [-0.39, 0.29) is 30.6 Å². The number of fused-ring (bicyclic) bond motifs is 4. The summed E-state index contributed by atoms with van der Waals surface area (Å²) in [6.45, 7) is 3.62. The number of aliphatic hydroxyl groups is 1. The Morgan fingerprint density at radius 3 is 2.41 bits per heavy atom. The molecule has 0 aromatic heterocycles. The number of anilines is 1. The molecule has 5 nitrogen and oxygen atoms in total. The minimum absolute atomic E-state index is 0.0332. The van der Waals surface area contributed by atoms with Crippen LogP contribution in [0.2, 0.25) is 0 Å². The van der Waals surface area contributed by atoms with Gasteiger partial charge in [-0.2, -0.15) is 22.0 Å². The average molecular weight is 553 g/mol. The van der Waals surface area contributed by atoms with E-state index >= 15 is 8.78 Å². The highest BCUT2D eigenvalue weighted by Gasteiger charge is 2.79. The summed E-state index contributed by atoms with van der Waals surface area (Å²) in [7, 11) is 0. The van der Waals surface area contributed by atoms with E-state index in [1.807, 2.05) is 0 Å². The van der Waals surface area contributed by atoms with Gasteiger partial charge in [0, 0.05) is 30.0 Å². The molecule has 4 aliphatic carbocycles. The molecule has 0 aliphatic heterocycles. The van der Waals surface area contributed by atoms with Gasteiger partial charge in [0.15, 0.2) is 5.78 Å². The molecule has 39 heavy (non-hydrogen) atoms. The standard InChI is InChI=1S/C29H33F5N2O3/c1-3-35-25(38)36-18-7-4-16(5-8-18)22-15-26(2)23(12-13-27(26,39)28(30,31)29(32,33)34)21-10-6-17-14-19(37)9-11-20(17)24(21)22/h4-5,7-8,14,21-23,39H,3,6,9-13,15H2,1-2H3,(H2,35,36,38)/t21?,22-,23?,26+,27+/m1/s1. The summed E-state index contributed by atoms with van der Waals surface area (Å²) in [6, 6.07) is 6.47. The van der Waals surface area contributed by atoms with Crippen molar-refractivity contribution in [1.29, 1.82) is 0 Å². The smallest absolute Gasteiger partial charge is 0.383 e. The molecule has 4 aliphatic rings. The van der Waals surface area contributed by atoms with Gasteiger partial charge in [-0.1, -0.05) is 24.6 Å². The van der Waals surface area contributed by atoms with Crippen LogP contribution in [0.4, 0.5) is 32.4 Å².